The van der Waals surface area contributed by atoms with Crippen LogP contribution in [-0.2, 0) is 4.79 Å². The van der Waals surface area contributed by atoms with E-state index in [0.717, 1.165) is 10.8 Å². The maximum absolute atomic E-state index is 12.5. The number of hydrogen-bond acceptors (Lipinski definition) is 4. The summed E-state index contributed by atoms with van der Waals surface area (Å²) in [4.78, 5) is 35.4. The Morgan fingerprint density at radius 2 is 1.64 bits per heavy atom. The van der Waals surface area contributed by atoms with Gasteiger partial charge in [-0.2, -0.15) is 0 Å². The Hall–Kier alpha value is -3.19. The van der Waals surface area contributed by atoms with Crippen molar-refractivity contribution in [2.45, 2.75) is 6.92 Å². The van der Waals surface area contributed by atoms with Crippen LogP contribution in [0.4, 0.5) is 5.00 Å². The maximum Gasteiger partial charge on any atom is 0.272 e. The van der Waals surface area contributed by atoms with Gasteiger partial charge >= 0.3 is 0 Å². The van der Waals surface area contributed by atoms with Gasteiger partial charge in [0.25, 0.3) is 11.8 Å². The lowest BCUT2D eigenvalue weighted by Gasteiger charge is -2.08. The summed E-state index contributed by atoms with van der Waals surface area (Å²) in [6.07, 6.45) is 0. The summed E-state index contributed by atoms with van der Waals surface area (Å²) in [5.74, 6) is -1.18. The Morgan fingerprint density at radius 1 is 0.880 bits per heavy atom. The summed E-state index contributed by atoms with van der Waals surface area (Å²) < 4.78 is 0. The van der Waals surface area contributed by atoms with Gasteiger partial charge in [0.15, 0.2) is 0 Å². The molecule has 0 unspecified atom stereocenters. The minimum absolute atomic E-state index is 0.285. The summed E-state index contributed by atoms with van der Waals surface area (Å²) in [6, 6.07) is 14.8. The number of anilines is 1. The Labute approximate surface area is 147 Å². The highest BCUT2D eigenvalue weighted by Crippen LogP contribution is 2.24. The Bertz CT molecular complexity index is 965. The van der Waals surface area contributed by atoms with Gasteiger partial charge in [0.05, 0.1) is 5.56 Å². The molecule has 2 aromatic carbocycles. The molecule has 0 bridgehead atoms. The first-order valence-electron chi connectivity index (χ1n) is 7.49. The number of amides is 3. The zero-order valence-corrected chi connectivity index (χ0v) is 14.1. The fourth-order valence-corrected chi connectivity index (χ4v) is 3.08. The van der Waals surface area contributed by atoms with Crippen LogP contribution in [0.15, 0.2) is 53.9 Å². The molecule has 3 amide bonds. The summed E-state index contributed by atoms with van der Waals surface area (Å²) >= 11 is 1.23. The third-order valence-corrected chi connectivity index (χ3v) is 4.33. The first-order valence-corrected chi connectivity index (χ1v) is 8.37. The van der Waals surface area contributed by atoms with Crippen molar-refractivity contribution in [2.75, 3.05) is 5.32 Å². The smallest absolute Gasteiger partial charge is 0.272 e. The number of rotatable bonds is 3. The van der Waals surface area contributed by atoms with Crippen molar-refractivity contribution < 1.29 is 14.4 Å². The lowest BCUT2D eigenvalue weighted by molar-refractivity contribution is -0.119. The Morgan fingerprint density at radius 3 is 2.40 bits per heavy atom. The molecule has 25 heavy (non-hydrogen) atoms. The molecule has 3 aromatic rings. The van der Waals surface area contributed by atoms with Gasteiger partial charge in [-0.1, -0.05) is 30.3 Å². The number of carbonyl (C=O) groups is 3. The molecule has 0 aliphatic heterocycles. The average molecular weight is 353 g/mol. The van der Waals surface area contributed by atoms with Crippen molar-refractivity contribution in [1.29, 1.82) is 0 Å². The molecule has 126 valence electrons. The van der Waals surface area contributed by atoms with Crippen molar-refractivity contribution in [3.05, 3.63) is 65.0 Å². The summed E-state index contributed by atoms with van der Waals surface area (Å²) in [5.41, 5.74) is 5.28. The monoisotopic (exact) mass is 353 g/mol. The van der Waals surface area contributed by atoms with E-state index in [1.165, 1.54) is 18.3 Å². The van der Waals surface area contributed by atoms with Crippen LogP contribution >= 0.6 is 11.3 Å². The van der Waals surface area contributed by atoms with Gasteiger partial charge in [-0.25, -0.2) is 0 Å². The highest BCUT2D eigenvalue weighted by Gasteiger charge is 2.16. The lowest BCUT2D eigenvalue weighted by Crippen LogP contribution is -2.40. The van der Waals surface area contributed by atoms with Crippen molar-refractivity contribution in [1.82, 2.24) is 10.9 Å². The molecule has 0 fully saturated rings. The van der Waals surface area contributed by atoms with E-state index in [9.17, 15) is 14.4 Å². The number of fused-ring (bicyclic) bond motifs is 1. The van der Waals surface area contributed by atoms with Crippen LogP contribution in [0, 0.1) is 0 Å². The Balaban J connectivity index is 1.77. The molecular weight excluding hydrogens is 338 g/mol. The van der Waals surface area contributed by atoms with Crippen LogP contribution in [0.25, 0.3) is 10.8 Å². The number of carbonyl (C=O) groups excluding carboxylic acids is 3. The van der Waals surface area contributed by atoms with Gasteiger partial charge in [-0.15, -0.1) is 11.3 Å². The van der Waals surface area contributed by atoms with E-state index in [2.05, 4.69) is 16.2 Å². The van der Waals surface area contributed by atoms with Gasteiger partial charge in [0.1, 0.15) is 5.00 Å². The minimum Gasteiger partial charge on any atom is -0.313 e. The highest BCUT2D eigenvalue weighted by atomic mass is 32.1. The van der Waals surface area contributed by atoms with Crippen molar-refractivity contribution in [3.8, 4) is 0 Å². The van der Waals surface area contributed by atoms with Crippen LogP contribution < -0.4 is 16.2 Å². The summed E-state index contributed by atoms with van der Waals surface area (Å²) in [7, 11) is 0. The van der Waals surface area contributed by atoms with Crippen molar-refractivity contribution in [3.63, 3.8) is 0 Å². The van der Waals surface area contributed by atoms with Crippen molar-refractivity contribution in [2.24, 2.45) is 0 Å². The molecule has 6 nitrogen and oxygen atoms in total. The lowest BCUT2D eigenvalue weighted by atomic mass is 10.1. The molecule has 0 aliphatic carbocycles. The quantitative estimate of drug-likeness (QED) is 0.633. The first kappa shape index (κ1) is 16.7. The molecule has 3 N–H and O–H groups in total. The highest BCUT2D eigenvalue weighted by molar-refractivity contribution is 7.14. The molecule has 0 saturated carbocycles. The van der Waals surface area contributed by atoms with E-state index in [1.807, 2.05) is 30.3 Å². The standard InChI is InChI=1S/C18H15N3O3S/c1-11(22)20-21-17(24)15-8-9-25-18(15)19-16(23)14-7-6-12-4-2-3-5-13(12)10-14/h2-10H,1H3,(H,19,23)(H,20,22)(H,21,24). The molecule has 0 radical (unpaired) electrons. The predicted octanol–water partition coefficient (Wildman–Crippen LogP) is 2.93. The molecule has 3 rings (SSSR count). The van der Waals surface area contributed by atoms with E-state index in [0.29, 0.717) is 10.6 Å². The van der Waals surface area contributed by atoms with E-state index >= 15 is 0 Å². The van der Waals surface area contributed by atoms with Crippen LogP contribution in [0.1, 0.15) is 27.6 Å². The molecule has 1 heterocycles. The Kier molecular flexibility index (Phi) is 4.76. The molecule has 7 heteroatoms. The van der Waals surface area contributed by atoms with Gasteiger partial charge < -0.3 is 5.32 Å². The van der Waals surface area contributed by atoms with Crippen LogP contribution in [0.2, 0.25) is 0 Å². The fraction of sp³-hybridized carbons (Fsp3) is 0.0556. The third-order valence-electron chi connectivity index (χ3n) is 3.50. The molecule has 1 aromatic heterocycles. The second-order valence-electron chi connectivity index (χ2n) is 5.31. The molecular formula is C18H15N3O3S. The topological polar surface area (TPSA) is 87.3 Å². The van der Waals surface area contributed by atoms with Crippen LogP contribution in [0.3, 0.4) is 0 Å². The van der Waals surface area contributed by atoms with Crippen LogP contribution in [-0.4, -0.2) is 17.7 Å². The zero-order valence-electron chi connectivity index (χ0n) is 13.3. The average Bonchev–Trinajstić information content (AvgIpc) is 3.07. The number of hydrazine groups is 1. The van der Waals surface area contributed by atoms with E-state index in [-0.39, 0.29) is 17.4 Å². The van der Waals surface area contributed by atoms with Crippen LogP contribution in [0.5, 0.6) is 0 Å². The number of thiophene rings is 1. The van der Waals surface area contributed by atoms with Gasteiger partial charge in [-0.3, -0.25) is 25.2 Å². The first-order chi connectivity index (χ1) is 12.0. The molecule has 0 saturated heterocycles. The second kappa shape index (κ2) is 7.14. The minimum atomic E-state index is -0.495. The zero-order chi connectivity index (χ0) is 17.8. The summed E-state index contributed by atoms with van der Waals surface area (Å²) in [5, 5.41) is 6.87. The van der Waals surface area contributed by atoms with E-state index in [4.69, 9.17) is 0 Å². The van der Waals surface area contributed by atoms with E-state index in [1.54, 1.807) is 23.6 Å². The predicted molar refractivity (Wildman–Crippen MR) is 97.5 cm³/mol. The largest absolute Gasteiger partial charge is 0.313 e. The maximum atomic E-state index is 12.5. The second-order valence-corrected chi connectivity index (χ2v) is 6.23. The SMILES string of the molecule is CC(=O)NNC(=O)c1ccsc1NC(=O)c1ccc2ccccc2c1. The number of hydrogen-bond donors (Lipinski definition) is 3. The van der Waals surface area contributed by atoms with Crippen molar-refractivity contribution >= 4 is 44.8 Å². The van der Waals surface area contributed by atoms with E-state index < -0.39 is 5.91 Å². The normalized spacial score (nSPS) is 10.3. The fourth-order valence-electron chi connectivity index (χ4n) is 2.30. The molecule has 0 spiro atoms. The van der Waals surface area contributed by atoms with Gasteiger partial charge in [0, 0.05) is 12.5 Å². The number of benzene rings is 2. The third kappa shape index (κ3) is 3.84. The number of nitrogens with one attached hydrogen (secondary N) is 3. The molecule has 0 atom stereocenters. The summed E-state index contributed by atoms with van der Waals surface area (Å²) in [6.45, 7) is 1.29. The van der Waals surface area contributed by atoms with Gasteiger partial charge in [-0.05, 0) is 34.4 Å². The van der Waals surface area contributed by atoms with Gasteiger partial charge in [0.2, 0.25) is 5.91 Å². The molecule has 0 aliphatic rings.